The first-order chi connectivity index (χ1) is 8.37. The minimum Gasteiger partial charge on any atom is -0.466 e. The van der Waals surface area contributed by atoms with Crippen LogP contribution in [0.1, 0.15) is 25.8 Å². The molecule has 2 atom stereocenters. The Hall–Kier alpha value is -0.580. The molecule has 0 aliphatic heterocycles. The summed E-state index contributed by atoms with van der Waals surface area (Å²) >= 11 is 9.70. The van der Waals surface area contributed by atoms with Gasteiger partial charge >= 0.3 is 5.97 Å². The highest BCUT2D eigenvalue weighted by Gasteiger charge is 2.34. The van der Waals surface area contributed by atoms with Crippen LogP contribution in [0.4, 0.5) is 0 Å². The Morgan fingerprint density at radius 3 is 2.83 bits per heavy atom. The van der Waals surface area contributed by atoms with Crippen LogP contribution in [0.5, 0.6) is 0 Å². The van der Waals surface area contributed by atoms with Crippen LogP contribution in [0, 0.1) is 0 Å². The minimum atomic E-state index is -1.03. The number of hydrogen-bond donors (Lipinski definition) is 1. The molecule has 2 unspecified atom stereocenters. The van der Waals surface area contributed by atoms with Crippen LogP contribution in [0.2, 0.25) is 0 Å². The van der Waals surface area contributed by atoms with Crippen molar-refractivity contribution in [2.45, 2.75) is 31.2 Å². The summed E-state index contributed by atoms with van der Waals surface area (Å²) in [5.74, 6) is -0.452. The predicted octanol–water partition coefficient (Wildman–Crippen LogP) is 3.22. The van der Waals surface area contributed by atoms with Gasteiger partial charge in [-0.25, -0.2) is 0 Å². The molecule has 0 heterocycles. The number of carbonyl (C=O) groups is 1. The van der Waals surface area contributed by atoms with Gasteiger partial charge in [0.25, 0.3) is 0 Å². The number of benzene rings is 1. The lowest BCUT2D eigenvalue weighted by Gasteiger charge is -2.28. The van der Waals surface area contributed by atoms with E-state index in [9.17, 15) is 9.90 Å². The van der Waals surface area contributed by atoms with Gasteiger partial charge in [-0.3, -0.25) is 4.79 Å². The smallest absolute Gasteiger partial charge is 0.308 e. The number of alkyl halides is 1. The lowest BCUT2D eigenvalue weighted by Crippen LogP contribution is -2.33. The average molecular weight is 336 g/mol. The van der Waals surface area contributed by atoms with Gasteiger partial charge in [-0.15, -0.1) is 11.6 Å². The molecule has 18 heavy (non-hydrogen) atoms. The van der Waals surface area contributed by atoms with Crippen molar-refractivity contribution in [1.29, 1.82) is 0 Å². The van der Waals surface area contributed by atoms with Crippen molar-refractivity contribution >= 4 is 33.5 Å². The molecule has 5 heteroatoms. The summed E-state index contributed by atoms with van der Waals surface area (Å²) in [5, 5.41) is 10.1. The highest BCUT2D eigenvalue weighted by molar-refractivity contribution is 9.10. The maximum atomic E-state index is 11.3. The summed E-state index contributed by atoms with van der Waals surface area (Å²) < 4.78 is 5.67. The molecular weight excluding hydrogens is 319 g/mol. The van der Waals surface area contributed by atoms with Crippen LogP contribution >= 0.6 is 27.5 Å². The van der Waals surface area contributed by atoms with E-state index in [1.807, 2.05) is 24.3 Å². The van der Waals surface area contributed by atoms with E-state index in [1.54, 1.807) is 13.8 Å². The molecule has 0 spiro atoms. The van der Waals surface area contributed by atoms with Crippen molar-refractivity contribution < 1.29 is 14.6 Å². The number of carbonyl (C=O) groups excluding carboxylic acids is 1. The monoisotopic (exact) mass is 334 g/mol. The number of ether oxygens (including phenoxy) is 1. The van der Waals surface area contributed by atoms with Gasteiger partial charge in [-0.1, -0.05) is 28.1 Å². The van der Waals surface area contributed by atoms with Gasteiger partial charge < -0.3 is 9.84 Å². The summed E-state index contributed by atoms with van der Waals surface area (Å²) in [4.78, 5) is 10.3. The second kappa shape index (κ2) is 6.55. The normalized spacial score (nSPS) is 15.8. The van der Waals surface area contributed by atoms with Gasteiger partial charge in [-0.2, -0.15) is 0 Å². The van der Waals surface area contributed by atoms with Gasteiger partial charge in [0, 0.05) is 4.47 Å². The molecule has 1 rings (SSSR count). The van der Waals surface area contributed by atoms with Gasteiger partial charge in [0.05, 0.1) is 24.0 Å². The summed E-state index contributed by atoms with van der Waals surface area (Å²) in [6.07, 6.45) is -1.13. The number of rotatable bonds is 5. The van der Waals surface area contributed by atoms with Gasteiger partial charge in [0.2, 0.25) is 0 Å². The zero-order chi connectivity index (χ0) is 13.8. The fraction of sp³-hybridized carbons (Fsp3) is 0.462. The number of aliphatic hydroxyl groups excluding tert-OH is 1. The molecule has 1 N–H and O–H groups in total. The Kier molecular flexibility index (Phi) is 5.63. The third-order valence-corrected chi connectivity index (χ3v) is 3.64. The van der Waals surface area contributed by atoms with E-state index in [2.05, 4.69) is 15.9 Å². The van der Waals surface area contributed by atoms with Crippen molar-refractivity contribution in [3.8, 4) is 0 Å². The maximum absolute atomic E-state index is 11.3. The lowest BCUT2D eigenvalue weighted by atomic mass is 9.92. The minimum absolute atomic E-state index is 0.125. The molecule has 0 saturated heterocycles. The lowest BCUT2D eigenvalue weighted by molar-refractivity contribution is -0.145. The van der Waals surface area contributed by atoms with E-state index in [-0.39, 0.29) is 6.42 Å². The Bertz CT molecular complexity index is 420. The fourth-order valence-electron chi connectivity index (χ4n) is 1.55. The van der Waals surface area contributed by atoms with Gasteiger partial charge in [0.1, 0.15) is 0 Å². The van der Waals surface area contributed by atoms with Crippen molar-refractivity contribution in [3.05, 3.63) is 34.3 Å². The highest BCUT2D eigenvalue weighted by atomic mass is 79.9. The molecule has 0 fully saturated rings. The zero-order valence-electron chi connectivity index (χ0n) is 10.3. The van der Waals surface area contributed by atoms with E-state index in [4.69, 9.17) is 16.3 Å². The Balaban J connectivity index is 2.82. The first-order valence-electron chi connectivity index (χ1n) is 5.66. The van der Waals surface area contributed by atoms with E-state index in [1.165, 1.54) is 0 Å². The van der Waals surface area contributed by atoms with Crippen LogP contribution in [0.3, 0.4) is 0 Å². The molecule has 0 saturated carbocycles. The Morgan fingerprint density at radius 2 is 2.28 bits per heavy atom. The third kappa shape index (κ3) is 3.97. The summed E-state index contributed by atoms with van der Waals surface area (Å²) in [5.41, 5.74) is 0.746. The first-order valence-corrected chi connectivity index (χ1v) is 6.83. The molecule has 1 aromatic rings. The van der Waals surface area contributed by atoms with E-state index < -0.39 is 16.9 Å². The highest BCUT2D eigenvalue weighted by Crippen LogP contribution is 2.35. The number of hydrogen-bond acceptors (Lipinski definition) is 3. The molecule has 0 bridgehead atoms. The summed E-state index contributed by atoms with van der Waals surface area (Å²) in [6.45, 7) is 3.69. The van der Waals surface area contributed by atoms with Gasteiger partial charge in [0.15, 0.2) is 0 Å². The number of aliphatic hydroxyl groups is 1. The number of halogens is 2. The number of esters is 1. The maximum Gasteiger partial charge on any atom is 0.308 e. The van der Waals surface area contributed by atoms with Crippen molar-refractivity contribution in [2.24, 2.45) is 0 Å². The quantitative estimate of drug-likeness (QED) is 0.664. The molecule has 100 valence electrons. The molecule has 0 aliphatic carbocycles. The van der Waals surface area contributed by atoms with Gasteiger partial charge in [-0.05, 0) is 31.5 Å². The molecule has 0 aromatic heterocycles. The Morgan fingerprint density at radius 1 is 1.61 bits per heavy atom. The summed E-state index contributed by atoms with van der Waals surface area (Å²) in [6, 6.07) is 7.33. The average Bonchev–Trinajstić information content (AvgIpc) is 2.29. The molecule has 3 nitrogen and oxygen atoms in total. The van der Waals surface area contributed by atoms with Crippen LogP contribution in [-0.2, 0) is 14.4 Å². The first kappa shape index (κ1) is 15.5. The van der Waals surface area contributed by atoms with Crippen LogP contribution in [0.25, 0.3) is 0 Å². The third-order valence-electron chi connectivity index (χ3n) is 2.68. The van der Waals surface area contributed by atoms with E-state index >= 15 is 0 Å². The largest absolute Gasteiger partial charge is 0.466 e. The molecule has 0 radical (unpaired) electrons. The van der Waals surface area contributed by atoms with Crippen molar-refractivity contribution in [2.75, 3.05) is 6.61 Å². The molecular formula is C13H16BrClO3. The SMILES string of the molecule is CCOC(=O)CC(O)C(C)(Cl)c1cccc(Br)c1. The van der Waals surface area contributed by atoms with Crippen LogP contribution in [0.15, 0.2) is 28.7 Å². The predicted molar refractivity (Wildman–Crippen MR) is 74.6 cm³/mol. The Labute approximate surface area is 120 Å². The van der Waals surface area contributed by atoms with Crippen molar-refractivity contribution in [1.82, 2.24) is 0 Å². The molecule has 0 amide bonds. The second-order valence-electron chi connectivity index (χ2n) is 4.11. The standard InChI is InChI=1S/C13H16BrClO3/c1-3-18-12(17)8-11(16)13(2,15)9-5-4-6-10(14)7-9/h4-7,11,16H,3,8H2,1-2H3. The van der Waals surface area contributed by atoms with E-state index in [0.717, 1.165) is 10.0 Å². The molecule has 1 aromatic carbocycles. The zero-order valence-corrected chi connectivity index (χ0v) is 12.7. The van der Waals surface area contributed by atoms with Crippen LogP contribution < -0.4 is 0 Å². The summed E-state index contributed by atoms with van der Waals surface area (Å²) in [7, 11) is 0. The van der Waals surface area contributed by atoms with Crippen molar-refractivity contribution in [3.63, 3.8) is 0 Å². The van der Waals surface area contributed by atoms with E-state index in [0.29, 0.717) is 6.61 Å². The fourth-order valence-corrected chi connectivity index (χ4v) is 2.15. The second-order valence-corrected chi connectivity index (χ2v) is 5.81. The molecule has 0 aliphatic rings. The van der Waals surface area contributed by atoms with Crippen LogP contribution in [-0.4, -0.2) is 23.8 Å². The topological polar surface area (TPSA) is 46.5 Å².